The zero-order valence-corrected chi connectivity index (χ0v) is 15.1. The lowest BCUT2D eigenvalue weighted by atomic mass is 10.0. The fraction of sp³-hybridized carbons (Fsp3) is 0.250. The van der Waals surface area contributed by atoms with Crippen LogP contribution in [0.25, 0.3) is 0 Å². The van der Waals surface area contributed by atoms with Gasteiger partial charge in [-0.1, -0.05) is 36.4 Å². The Morgan fingerprint density at radius 3 is 2.37 bits per heavy atom. The van der Waals surface area contributed by atoms with Gasteiger partial charge in [0, 0.05) is 24.7 Å². The monoisotopic (exact) mass is 366 g/mol. The summed E-state index contributed by atoms with van der Waals surface area (Å²) in [6.45, 7) is 0.517. The van der Waals surface area contributed by atoms with Gasteiger partial charge in [-0.2, -0.15) is 0 Å². The molecule has 0 bridgehead atoms. The molecule has 0 saturated carbocycles. The van der Waals surface area contributed by atoms with Crippen molar-refractivity contribution in [1.82, 2.24) is 4.90 Å². The van der Waals surface area contributed by atoms with Gasteiger partial charge in [-0.15, -0.1) is 0 Å². The van der Waals surface area contributed by atoms with Gasteiger partial charge >= 0.3 is 12.0 Å². The molecule has 2 amide bonds. The van der Waals surface area contributed by atoms with E-state index in [0.29, 0.717) is 18.5 Å². The van der Waals surface area contributed by atoms with Crippen molar-refractivity contribution >= 4 is 23.5 Å². The van der Waals surface area contributed by atoms with E-state index < -0.39 is 5.97 Å². The van der Waals surface area contributed by atoms with Crippen LogP contribution in [0.2, 0.25) is 0 Å². The van der Waals surface area contributed by atoms with E-state index in [1.807, 2.05) is 36.4 Å². The number of carboxylic acid groups (broad SMARTS) is 1. The van der Waals surface area contributed by atoms with Crippen LogP contribution in [0.5, 0.6) is 0 Å². The van der Waals surface area contributed by atoms with Crippen LogP contribution in [0, 0.1) is 5.41 Å². The minimum atomic E-state index is -0.825. The second kappa shape index (κ2) is 7.49. The fourth-order valence-electron chi connectivity index (χ4n) is 3.22. The average Bonchev–Trinajstić information content (AvgIpc) is 2.96. The number of nitrogens with one attached hydrogen (secondary N) is 1. The number of benzene rings is 2. The standard InChI is InChI=1S/C20H22N4O3/c1-23-17(14-5-7-15(8-6-14)19(21)22)12-24(20(23)27)16-9-2-13(3-10-16)4-11-18(25)26/h2-3,5-10,17H,4,11-12H2,1H3,(H3,21,22)(H,25,26). The molecule has 1 heterocycles. The average molecular weight is 366 g/mol. The Bertz CT molecular complexity index is 862. The maximum absolute atomic E-state index is 12.7. The number of likely N-dealkylation sites (N-methyl/N-ethyl adjacent to an activating group) is 1. The number of carbonyl (C=O) groups excluding carboxylic acids is 1. The van der Waals surface area contributed by atoms with Gasteiger partial charge in [0.05, 0.1) is 12.6 Å². The van der Waals surface area contributed by atoms with Crippen LogP contribution < -0.4 is 10.6 Å². The zero-order chi connectivity index (χ0) is 19.6. The number of amidine groups is 1. The van der Waals surface area contributed by atoms with E-state index in [9.17, 15) is 9.59 Å². The molecule has 2 aromatic rings. The molecule has 0 aromatic heterocycles. The smallest absolute Gasteiger partial charge is 0.324 e. The lowest BCUT2D eigenvalue weighted by Gasteiger charge is -2.18. The number of carboxylic acids is 1. The third-order valence-electron chi connectivity index (χ3n) is 4.84. The Labute approximate surface area is 157 Å². The van der Waals surface area contributed by atoms with Gasteiger partial charge in [-0.05, 0) is 29.7 Å². The number of nitrogens with two attached hydrogens (primary N) is 1. The van der Waals surface area contributed by atoms with Crippen molar-refractivity contribution in [2.24, 2.45) is 5.73 Å². The van der Waals surface area contributed by atoms with E-state index in [-0.39, 0.29) is 24.3 Å². The lowest BCUT2D eigenvalue weighted by Crippen LogP contribution is -2.29. The Morgan fingerprint density at radius 1 is 1.19 bits per heavy atom. The van der Waals surface area contributed by atoms with Crippen molar-refractivity contribution in [3.8, 4) is 0 Å². The molecule has 2 aromatic carbocycles. The summed E-state index contributed by atoms with van der Waals surface area (Å²) in [5.41, 5.74) is 8.84. The van der Waals surface area contributed by atoms with Crippen molar-refractivity contribution < 1.29 is 14.7 Å². The third-order valence-corrected chi connectivity index (χ3v) is 4.84. The van der Waals surface area contributed by atoms with Crippen LogP contribution in [0.4, 0.5) is 10.5 Å². The minimum Gasteiger partial charge on any atom is -0.481 e. The van der Waals surface area contributed by atoms with Crippen molar-refractivity contribution in [3.63, 3.8) is 0 Å². The summed E-state index contributed by atoms with van der Waals surface area (Å²) >= 11 is 0. The highest BCUT2D eigenvalue weighted by Crippen LogP contribution is 2.32. The maximum Gasteiger partial charge on any atom is 0.324 e. The van der Waals surface area contributed by atoms with Crippen LogP contribution in [-0.4, -0.2) is 41.4 Å². The molecule has 27 heavy (non-hydrogen) atoms. The normalized spacial score (nSPS) is 16.6. The summed E-state index contributed by atoms with van der Waals surface area (Å²) in [6, 6.07) is 14.6. The maximum atomic E-state index is 12.7. The molecule has 4 N–H and O–H groups in total. The highest BCUT2D eigenvalue weighted by atomic mass is 16.4. The van der Waals surface area contributed by atoms with Gasteiger partial charge in [0.2, 0.25) is 0 Å². The molecular weight excluding hydrogens is 344 g/mol. The predicted molar refractivity (Wildman–Crippen MR) is 103 cm³/mol. The molecule has 1 fully saturated rings. The first kappa shape index (κ1) is 18.4. The highest BCUT2D eigenvalue weighted by molar-refractivity contribution is 5.95. The van der Waals surface area contributed by atoms with Crippen LogP contribution in [-0.2, 0) is 11.2 Å². The van der Waals surface area contributed by atoms with E-state index in [1.165, 1.54) is 0 Å². The molecule has 0 aliphatic carbocycles. The number of urea groups is 1. The van der Waals surface area contributed by atoms with Crippen molar-refractivity contribution in [2.45, 2.75) is 18.9 Å². The Hall–Kier alpha value is -3.35. The number of hydrogen-bond acceptors (Lipinski definition) is 3. The molecule has 1 saturated heterocycles. The number of nitrogen functional groups attached to an aromatic ring is 1. The highest BCUT2D eigenvalue weighted by Gasteiger charge is 2.36. The van der Waals surface area contributed by atoms with Crippen LogP contribution in [0.15, 0.2) is 48.5 Å². The topological polar surface area (TPSA) is 111 Å². The molecular formula is C20H22N4O3. The molecule has 7 nitrogen and oxygen atoms in total. The first-order valence-electron chi connectivity index (χ1n) is 8.66. The van der Waals surface area contributed by atoms with E-state index in [2.05, 4.69) is 0 Å². The lowest BCUT2D eigenvalue weighted by molar-refractivity contribution is -0.136. The summed E-state index contributed by atoms with van der Waals surface area (Å²) in [7, 11) is 1.77. The number of aliphatic carboxylic acids is 1. The van der Waals surface area contributed by atoms with E-state index in [1.54, 1.807) is 29.0 Å². The summed E-state index contributed by atoms with van der Waals surface area (Å²) in [5.74, 6) is -0.809. The molecule has 1 atom stereocenters. The number of nitrogens with zero attached hydrogens (tertiary/aromatic N) is 2. The molecule has 1 aliphatic rings. The van der Waals surface area contributed by atoms with Gasteiger partial charge < -0.3 is 15.7 Å². The predicted octanol–water partition coefficient (Wildman–Crippen LogP) is 2.60. The van der Waals surface area contributed by atoms with E-state index in [4.69, 9.17) is 16.2 Å². The number of amides is 2. The third kappa shape index (κ3) is 3.92. The molecule has 0 radical (unpaired) electrons. The van der Waals surface area contributed by atoms with Gasteiger partial charge in [-0.3, -0.25) is 15.1 Å². The van der Waals surface area contributed by atoms with Crippen LogP contribution >= 0.6 is 0 Å². The van der Waals surface area contributed by atoms with Crippen LogP contribution in [0.3, 0.4) is 0 Å². The fourth-order valence-corrected chi connectivity index (χ4v) is 3.22. The zero-order valence-electron chi connectivity index (χ0n) is 15.1. The van der Waals surface area contributed by atoms with Gasteiger partial charge in [0.15, 0.2) is 0 Å². The number of aryl methyl sites for hydroxylation is 1. The Balaban J connectivity index is 1.75. The summed E-state index contributed by atoms with van der Waals surface area (Å²) in [5, 5.41) is 16.2. The second-order valence-corrected chi connectivity index (χ2v) is 6.62. The van der Waals surface area contributed by atoms with Crippen molar-refractivity contribution in [1.29, 1.82) is 5.41 Å². The van der Waals surface area contributed by atoms with Gasteiger partial charge in [0.1, 0.15) is 5.84 Å². The quantitative estimate of drug-likeness (QED) is 0.539. The molecule has 0 spiro atoms. The van der Waals surface area contributed by atoms with Crippen molar-refractivity contribution in [2.75, 3.05) is 18.5 Å². The van der Waals surface area contributed by atoms with Crippen LogP contribution in [0.1, 0.15) is 29.2 Å². The summed E-state index contributed by atoms with van der Waals surface area (Å²) in [4.78, 5) is 26.8. The largest absolute Gasteiger partial charge is 0.481 e. The Kier molecular flexibility index (Phi) is 5.12. The SMILES string of the molecule is CN1C(=O)N(c2ccc(CCC(=O)O)cc2)CC1c1ccc(C(=N)N)cc1. The molecule has 1 unspecified atom stereocenters. The number of hydrogen-bond donors (Lipinski definition) is 3. The summed E-state index contributed by atoms with van der Waals surface area (Å²) in [6.07, 6.45) is 0.553. The minimum absolute atomic E-state index is 0.0158. The first-order valence-corrected chi connectivity index (χ1v) is 8.66. The summed E-state index contributed by atoms with van der Waals surface area (Å²) < 4.78 is 0. The molecule has 7 heteroatoms. The van der Waals surface area contributed by atoms with Crippen molar-refractivity contribution in [3.05, 3.63) is 65.2 Å². The molecule has 1 aliphatic heterocycles. The number of anilines is 1. The number of rotatable bonds is 6. The number of carbonyl (C=O) groups is 2. The second-order valence-electron chi connectivity index (χ2n) is 6.62. The van der Waals surface area contributed by atoms with Gasteiger partial charge in [0.25, 0.3) is 0 Å². The molecule has 140 valence electrons. The Morgan fingerprint density at radius 2 is 1.81 bits per heavy atom. The van der Waals surface area contributed by atoms with Gasteiger partial charge in [-0.25, -0.2) is 4.79 Å². The molecule has 3 rings (SSSR count). The van der Waals surface area contributed by atoms with E-state index in [0.717, 1.165) is 16.8 Å². The van der Waals surface area contributed by atoms with E-state index >= 15 is 0 Å². The first-order chi connectivity index (χ1) is 12.9.